The Morgan fingerprint density at radius 1 is 1.55 bits per heavy atom. The zero-order chi connectivity index (χ0) is 8.74. The monoisotopic (exact) mass is 180 g/mol. The van der Waals surface area contributed by atoms with Gasteiger partial charge in [-0.05, 0) is 18.9 Å². The summed E-state index contributed by atoms with van der Waals surface area (Å²) >= 11 is 0. The summed E-state index contributed by atoms with van der Waals surface area (Å²) in [4.78, 5) is 0. The van der Waals surface area contributed by atoms with Crippen LogP contribution in [0.25, 0.3) is 0 Å². The molecular formula is C6H12O4S. The summed E-state index contributed by atoms with van der Waals surface area (Å²) < 4.78 is 31.9. The van der Waals surface area contributed by atoms with Crippen molar-refractivity contribution >= 4 is 10.4 Å². The molecule has 0 aliphatic rings. The smallest absolute Gasteiger partial charge is 0.370 e. The van der Waals surface area contributed by atoms with E-state index < -0.39 is 10.4 Å². The molecular weight excluding hydrogens is 168 g/mol. The first-order chi connectivity index (χ1) is 5.06. The van der Waals surface area contributed by atoms with Gasteiger partial charge in [-0.2, -0.15) is 8.42 Å². The highest BCUT2D eigenvalue weighted by Crippen LogP contribution is 1.96. The average molecular weight is 180 g/mol. The second-order valence-electron chi connectivity index (χ2n) is 2.04. The van der Waals surface area contributed by atoms with Crippen molar-refractivity contribution in [3.8, 4) is 0 Å². The van der Waals surface area contributed by atoms with Crippen LogP contribution in [0.2, 0.25) is 0 Å². The lowest BCUT2D eigenvalue weighted by atomic mass is 10.2. The van der Waals surface area contributed by atoms with Crippen LogP contribution in [0, 0.1) is 0 Å². The highest BCUT2D eigenvalue weighted by molar-refractivity contribution is 7.81. The highest BCUT2D eigenvalue weighted by Gasteiger charge is 1.97. The number of rotatable bonds is 5. The molecule has 0 saturated carbocycles. The molecule has 0 heterocycles. The van der Waals surface area contributed by atoms with Gasteiger partial charge in [-0.15, -0.1) is 0 Å². The van der Waals surface area contributed by atoms with Crippen LogP contribution in [0.4, 0.5) is 0 Å². The van der Waals surface area contributed by atoms with Gasteiger partial charge < -0.3 is 4.18 Å². The topological polar surface area (TPSA) is 63.6 Å². The van der Waals surface area contributed by atoms with Crippen LogP contribution in [0.5, 0.6) is 0 Å². The van der Waals surface area contributed by atoms with Gasteiger partial charge in [0, 0.05) is 0 Å². The third kappa shape index (κ3) is 9.45. The Hall–Kier alpha value is -0.550. The van der Waals surface area contributed by atoms with Gasteiger partial charge in [0.25, 0.3) is 0 Å². The van der Waals surface area contributed by atoms with E-state index in [2.05, 4.69) is 4.18 Å². The lowest BCUT2D eigenvalue weighted by Gasteiger charge is -1.91. The van der Waals surface area contributed by atoms with E-state index in [0.29, 0.717) is 0 Å². The molecule has 0 spiro atoms. The second-order valence-corrected chi connectivity index (χ2v) is 3.09. The molecule has 5 heteroatoms. The first-order valence-corrected chi connectivity index (χ1v) is 4.73. The zero-order valence-electron chi connectivity index (χ0n) is 6.36. The average Bonchev–Trinajstić information content (AvgIpc) is 1.85. The van der Waals surface area contributed by atoms with Crippen LogP contribution in [0.1, 0.15) is 26.2 Å². The maximum absolute atomic E-state index is 9.95. The molecule has 0 unspecified atom stereocenters. The van der Waals surface area contributed by atoms with Crippen molar-refractivity contribution in [2.24, 2.45) is 0 Å². The number of allylic oxidation sites excluding steroid dienone is 1. The summed E-state index contributed by atoms with van der Waals surface area (Å²) in [5.74, 6) is 0. The van der Waals surface area contributed by atoms with E-state index in [-0.39, 0.29) is 0 Å². The minimum Gasteiger partial charge on any atom is -0.370 e. The molecule has 0 aliphatic heterocycles. The van der Waals surface area contributed by atoms with E-state index in [9.17, 15) is 8.42 Å². The van der Waals surface area contributed by atoms with Crippen molar-refractivity contribution < 1.29 is 17.2 Å². The molecule has 0 aromatic heterocycles. The quantitative estimate of drug-likeness (QED) is 0.395. The van der Waals surface area contributed by atoms with Gasteiger partial charge in [0.2, 0.25) is 0 Å². The molecule has 0 radical (unpaired) electrons. The Morgan fingerprint density at radius 2 is 2.18 bits per heavy atom. The van der Waals surface area contributed by atoms with Crippen molar-refractivity contribution in [3.05, 3.63) is 12.3 Å². The third-order valence-corrected chi connectivity index (χ3v) is 1.35. The number of hydrogen-bond acceptors (Lipinski definition) is 3. The van der Waals surface area contributed by atoms with Crippen LogP contribution < -0.4 is 0 Å². The van der Waals surface area contributed by atoms with Gasteiger partial charge in [0.05, 0.1) is 0 Å². The molecule has 1 N–H and O–H groups in total. The minimum absolute atomic E-state index is 0.756. The first-order valence-electron chi connectivity index (χ1n) is 3.37. The lowest BCUT2D eigenvalue weighted by Crippen LogP contribution is -1.96. The van der Waals surface area contributed by atoms with Crippen LogP contribution in [-0.2, 0) is 14.6 Å². The standard InChI is InChI=1S/C6H12O4S/c1-2-3-4-5-6-10-11(7,8)9/h5-6H,2-4H2,1H3,(H,7,8,9). The predicted octanol–water partition coefficient (Wildman–Crippen LogP) is 1.51. The van der Waals surface area contributed by atoms with E-state index in [1.54, 1.807) is 6.08 Å². The molecule has 0 saturated heterocycles. The Balaban J connectivity index is 3.46. The van der Waals surface area contributed by atoms with Gasteiger partial charge in [-0.1, -0.05) is 13.3 Å². The summed E-state index contributed by atoms with van der Waals surface area (Å²) in [5, 5.41) is 0. The number of hydrogen-bond donors (Lipinski definition) is 1. The molecule has 11 heavy (non-hydrogen) atoms. The van der Waals surface area contributed by atoms with E-state index in [1.165, 1.54) is 0 Å². The summed E-state index contributed by atoms with van der Waals surface area (Å²) in [6, 6.07) is 0. The van der Waals surface area contributed by atoms with E-state index in [1.807, 2.05) is 6.92 Å². The molecule has 0 rings (SSSR count). The summed E-state index contributed by atoms with van der Waals surface area (Å²) in [6.45, 7) is 2.03. The zero-order valence-corrected chi connectivity index (χ0v) is 7.17. The Morgan fingerprint density at radius 3 is 2.64 bits per heavy atom. The van der Waals surface area contributed by atoms with Crippen LogP contribution in [0.3, 0.4) is 0 Å². The molecule has 0 amide bonds. The van der Waals surface area contributed by atoms with Gasteiger partial charge in [-0.3, -0.25) is 4.55 Å². The summed E-state index contributed by atoms with van der Waals surface area (Å²) in [7, 11) is -4.30. The highest BCUT2D eigenvalue weighted by atomic mass is 32.3. The Kier molecular flexibility index (Phi) is 4.89. The summed E-state index contributed by atoms with van der Waals surface area (Å²) in [5.41, 5.74) is 0. The number of unbranched alkanes of at least 4 members (excludes halogenated alkanes) is 2. The molecule has 0 aromatic rings. The Bertz CT molecular complexity index is 205. The van der Waals surface area contributed by atoms with Gasteiger partial charge >= 0.3 is 10.4 Å². The lowest BCUT2D eigenvalue weighted by molar-refractivity contribution is 0.355. The first kappa shape index (κ1) is 10.4. The summed E-state index contributed by atoms with van der Waals surface area (Å²) in [6.07, 6.45) is 5.30. The SMILES string of the molecule is CCCCC=COS(=O)(=O)O. The maximum atomic E-state index is 9.95. The fourth-order valence-electron chi connectivity index (χ4n) is 0.500. The van der Waals surface area contributed by atoms with E-state index in [0.717, 1.165) is 25.5 Å². The van der Waals surface area contributed by atoms with Gasteiger partial charge in [0.1, 0.15) is 6.26 Å². The largest absolute Gasteiger partial charge is 0.445 e. The minimum atomic E-state index is -4.30. The fourth-order valence-corrected chi connectivity index (χ4v) is 0.718. The van der Waals surface area contributed by atoms with Crippen LogP contribution in [0.15, 0.2) is 12.3 Å². The third-order valence-electron chi connectivity index (χ3n) is 0.998. The molecule has 0 bridgehead atoms. The molecule has 4 nitrogen and oxygen atoms in total. The molecule has 0 aliphatic carbocycles. The predicted molar refractivity (Wildman–Crippen MR) is 41.3 cm³/mol. The van der Waals surface area contributed by atoms with Crippen molar-refractivity contribution in [2.45, 2.75) is 26.2 Å². The molecule has 66 valence electrons. The van der Waals surface area contributed by atoms with Gasteiger partial charge in [0.15, 0.2) is 0 Å². The Labute approximate surface area is 66.8 Å². The van der Waals surface area contributed by atoms with Crippen LogP contribution in [-0.4, -0.2) is 13.0 Å². The molecule has 0 aromatic carbocycles. The molecule has 0 atom stereocenters. The second kappa shape index (κ2) is 5.15. The van der Waals surface area contributed by atoms with Crippen molar-refractivity contribution in [3.63, 3.8) is 0 Å². The molecule has 0 fully saturated rings. The normalized spacial score (nSPS) is 12.2. The van der Waals surface area contributed by atoms with Crippen LogP contribution >= 0.6 is 0 Å². The maximum Gasteiger partial charge on any atom is 0.445 e. The van der Waals surface area contributed by atoms with Crippen molar-refractivity contribution in [1.82, 2.24) is 0 Å². The fraction of sp³-hybridized carbons (Fsp3) is 0.667. The van der Waals surface area contributed by atoms with Crippen molar-refractivity contribution in [1.29, 1.82) is 0 Å². The van der Waals surface area contributed by atoms with Crippen molar-refractivity contribution in [2.75, 3.05) is 0 Å². The van der Waals surface area contributed by atoms with Gasteiger partial charge in [-0.25, -0.2) is 0 Å². The van der Waals surface area contributed by atoms with E-state index in [4.69, 9.17) is 4.55 Å². The van der Waals surface area contributed by atoms with E-state index >= 15 is 0 Å².